The SMILES string of the molecule is CNC(=O)c1cccc(CCC(=O)NCC2(C(=O)O)CCCCC2)c1. The van der Waals surface area contributed by atoms with Crippen molar-refractivity contribution in [3.8, 4) is 0 Å². The number of carbonyl (C=O) groups is 3. The van der Waals surface area contributed by atoms with Crippen LogP contribution in [-0.2, 0) is 16.0 Å². The van der Waals surface area contributed by atoms with Gasteiger partial charge in [0.15, 0.2) is 0 Å². The molecule has 0 radical (unpaired) electrons. The zero-order chi connectivity index (χ0) is 18.3. The number of benzene rings is 1. The van der Waals surface area contributed by atoms with Gasteiger partial charge >= 0.3 is 5.97 Å². The first-order valence-electron chi connectivity index (χ1n) is 8.78. The summed E-state index contributed by atoms with van der Waals surface area (Å²) in [4.78, 5) is 35.4. The second-order valence-corrected chi connectivity index (χ2v) is 6.70. The molecule has 0 saturated heterocycles. The van der Waals surface area contributed by atoms with Gasteiger partial charge in [0.25, 0.3) is 5.91 Å². The fraction of sp³-hybridized carbons (Fsp3) is 0.526. The maximum Gasteiger partial charge on any atom is 0.311 e. The summed E-state index contributed by atoms with van der Waals surface area (Å²) >= 11 is 0. The first kappa shape index (κ1) is 19.0. The minimum Gasteiger partial charge on any atom is -0.481 e. The van der Waals surface area contributed by atoms with Crippen LogP contribution < -0.4 is 10.6 Å². The summed E-state index contributed by atoms with van der Waals surface area (Å²) in [5.74, 6) is -1.13. The van der Waals surface area contributed by atoms with Gasteiger partial charge in [-0.15, -0.1) is 0 Å². The highest BCUT2D eigenvalue weighted by Crippen LogP contribution is 2.36. The van der Waals surface area contributed by atoms with E-state index in [2.05, 4.69) is 10.6 Å². The second-order valence-electron chi connectivity index (χ2n) is 6.70. The number of carbonyl (C=O) groups excluding carboxylic acids is 2. The van der Waals surface area contributed by atoms with Crippen LogP contribution in [0.25, 0.3) is 0 Å². The lowest BCUT2D eigenvalue weighted by Gasteiger charge is -2.33. The van der Waals surface area contributed by atoms with Crippen molar-refractivity contribution < 1.29 is 19.5 Å². The number of amides is 2. The Morgan fingerprint density at radius 2 is 1.88 bits per heavy atom. The largest absolute Gasteiger partial charge is 0.481 e. The van der Waals surface area contributed by atoms with Crippen LogP contribution >= 0.6 is 0 Å². The molecule has 3 N–H and O–H groups in total. The summed E-state index contributed by atoms with van der Waals surface area (Å²) in [5.41, 5.74) is 0.654. The average Bonchev–Trinajstić information content (AvgIpc) is 2.65. The maximum absolute atomic E-state index is 12.1. The number of carboxylic acids is 1. The van der Waals surface area contributed by atoms with E-state index in [1.54, 1.807) is 25.2 Å². The Hall–Kier alpha value is -2.37. The summed E-state index contributed by atoms with van der Waals surface area (Å²) in [6.45, 7) is 0.194. The van der Waals surface area contributed by atoms with Gasteiger partial charge in [0.2, 0.25) is 5.91 Å². The average molecular weight is 346 g/mol. The van der Waals surface area contributed by atoms with E-state index in [4.69, 9.17) is 0 Å². The van der Waals surface area contributed by atoms with Gasteiger partial charge in [0.05, 0.1) is 5.41 Å². The molecule has 2 rings (SSSR count). The van der Waals surface area contributed by atoms with Gasteiger partial charge in [-0.05, 0) is 37.0 Å². The van der Waals surface area contributed by atoms with Gasteiger partial charge in [0.1, 0.15) is 0 Å². The van der Waals surface area contributed by atoms with Crippen LogP contribution in [0.3, 0.4) is 0 Å². The summed E-state index contributed by atoms with van der Waals surface area (Å²) < 4.78 is 0. The van der Waals surface area contributed by atoms with Gasteiger partial charge in [-0.25, -0.2) is 0 Å². The number of carboxylic acid groups (broad SMARTS) is 1. The number of hydrogen-bond acceptors (Lipinski definition) is 3. The van der Waals surface area contributed by atoms with Crippen LogP contribution in [0.5, 0.6) is 0 Å². The van der Waals surface area contributed by atoms with Crippen molar-refractivity contribution in [2.75, 3.05) is 13.6 Å². The van der Waals surface area contributed by atoms with Gasteiger partial charge in [-0.2, -0.15) is 0 Å². The molecule has 2 amide bonds. The first-order valence-corrected chi connectivity index (χ1v) is 8.78. The summed E-state index contributed by atoms with van der Waals surface area (Å²) in [6, 6.07) is 7.16. The van der Waals surface area contributed by atoms with E-state index in [0.29, 0.717) is 24.8 Å². The van der Waals surface area contributed by atoms with Crippen molar-refractivity contribution in [3.05, 3.63) is 35.4 Å². The first-order chi connectivity index (χ1) is 12.0. The second kappa shape index (κ2) is 8.65. The molecule has 136 valence electrons. The lowest BCUT2D eigenvalue weighted by Crippen LogP contribution is -2.44. The molecule has 1 saturated carbocycles. The van der Waals surface area contributed by atoms with Crippen molar-refractivity contribution in [2.45, 2.75) is 44.9 Å². The molecule has 6 heteroatoms. The molecule has 6 nitrogen and oxygen atoms in total. The normalized spacial score (nSPS) is 16.0. The molecule has 0 aliphatic heterocycles. The molecule has 1 aromatic rings. The predicted octanol–water partition coefficient (Wildman–Crippen LogP) is 2.13. The molecule has 0 atom stereocenters. The molecule has 25 heavy (non-hydrogen) atoms. The van der Waals surface area contributed by atoms with E-state index in [1.807, 2.05) is 6.07 Å². The minimum absolute atomic E-state index is 0.156. The van der Waals surface area contributed by atoms with Crippen LogP contribution in [0.4, 0.5) is 0 Å². The van der Waals surface area contributed by atoms with E-state index in [9.17, 15) is 19.5 Å². The Balaban J connectivity index is 1.86. The molecule has 1 fully saturated rings. The third-order valence-corrected chi connectivity index (χ3v) is 4.95. The molecule has 0 bridgehead atoms. The molecule has 1 aliphatic rings. The summed E-state index contributed by atoms with van der Waals surface area (Å²) in [7, 11) is 1.58. The van der Waals surface area contributed by atoms with E-state index in [0.717, 1.165) is 24.8 Å². The van der Waals surface area contributed by atoms with Crippen molar-refractivity contribution in [2.24, 2.45) is 5.41 Å². The van der Waals surface area contributed by atoms with Crippen LogP contribution in [0, 0.1) is 5.41 Å². The summed E-state index contributed by atoms with van der Waals surface area (Å²) in [5, 5.41) is 14.9. The van der Waals surface area contributed by atoms with Crippen LogP contribution in [0.2, 0.25) is 0 Å². The number of hydrogen-bond donors (Lipinski definition) is 3. The Morgan fingerprint density at radius 1 is 1.16 bits per heavy atom. The predicted molar refractivity (Wildman–Crippen MR) is 94.3 cm³/mol. The van der Waals surface area contributed by atoms with Gasteiger partial charge in [-0.3, -0.25) is 14.4 Å². The smallest absolute Gasteiger partial charge is 0.311 e. The monoisotopic (exact) mass is 346 g/mol. The number of aryl methyl sites for hydroxylation is 1. The Bertz CT molecular complexity index is 636. The highest BCUT2D eigenvalue weighted by molar-refractivity contribution is 5.94. The quantitative estimate of drug-likeness (QED) is 0.705. The highest BCUT2D eigenvalue weighted by atomic mass is 16.4. The van der Waals surface area contributed by atoms with Crippen molar-refractivity contribution in [3.63, 3.8) is 0 Å². The Kier molecular flexibility index (Phi) is 6.56. The third-order valence-electron chi connectivity index (χ3n) is 4.95. The molecule has 0 spiro atoms. The number of rotatable bonds is 7. The molecule has 1 aromatic carbocycles. The fourth-order valence-electron chi connectivity index (χ4n) is 3.32. The van der Waals surface area contributed by atoms with Crippen molar-refractivity contribution >= 4 is 17.8 Å². The van der Waals surface area contributed by atoms with Gasteiger partial charge in [-0.1, -0.05) is 31.4 Å². The lowest BCUT2D eigenvalue weighted by atomic mass is 9.74. The van der Waals surface area contributed by atoms with Crippen LogP contribution in [0.1, 0.15) is 54.4 Å². The van der Waals surface area contributed by atoms with E-state index >= 15 is 0 Å². The molecule has 1 aliphatic carbocycles. The molecule has 0 heterocycles. The minimum atomic E-state index is -0.814. The maximum atomic E-state index is 12.1. The van der Waals surface area contributed by atoms with Crippen LogP contribution in [0.15, 0.2) is 24.3 Å². The van der Waals surface area contributed by atoms with E-state index < -0.39 is 11.4 Å². The lowest BCUT2D eigenvalue weighted by molar-refractivity contribution is -0.151. The fourth-order valence-corrected chi connectivity index (χ4v) is 3.32. The molecule has 0 unspecified atom stereocenters. The zero-order valence-electron chi connectivity index (χ0n) is 14.6. The van der Waals surface area contributed by atoms with Gasteiger partial charge in [0, 0.05) is 25.6 Å². The third kappa shape index (κ3) is 5.05. The Morgan fingerprint density at radius 3 is 2.52 bits per heavy atom. The number of aliphatic carboxylic acids is 1. The van der Waals surface area contributed by atoms with E-state index in [1.165, 1.54) is 0 Å². The van der Waals surface area contributed by atoms with Gasteiger partial charge < -0.3 is 15.7 Å². The summed E-state index contributed by atoms with van der Waals surface area (Å²) in [6.07, 6.45) is 4.88. The molecule has 0 aromatic heterocycles. The van der Waals surface area contributed by atoms with Crippen molar-refractivity contribution in [1.82, 2.24) is 10.6 Å². The molecular formula is C19H26N2O4. The van der Waals surface area contributed by atoms with E-state index in [-0.39, 0.29) is 24.8 Å². The standard InChI is InChI=1S/C19H26N2O4/c1-20-17(23)15-7-5-6-14(12-15)8-9-16(22)21-13-19(18(24)25)10-3-2-4-11-19/h5-7,12H,2-4,8-11,13H2,1H3,(H,20,23)(H,21,22)(H,24,25). The zero-order valence-corrected chi connectivity index (χ0v) is 14.6. The van der Waals surface area contributed by atoms with Crippen LogP contribution in [-0.4, -0.2) is 36.5 Å². The van der Waals surface area contributed by atoms with Crippen molar-refractivity contribution in [1.29, 1.82) is 0 Å². The topological polar surface area (TPSA) is 95.5 Å². The Labute approximate surface area is 148 Å². The molecular weight excluding hydrogens is 320 g/mol. The highest BCUT2D eigenvalue weighted by Gasteiger charge is 2.39. The number of nitrogens with one attached hydrogen (secondary N) is 2.